The quantitative estimate of drug-likeness (QED) is 0.631. The van der Waals surface area contributed by atoms with E-state index in [2.05, 4.69) is 10.0 Å². The van der Waals surface area contributed by atoms with Crippen LogP contribution in [0.4, 0.5) is 5.69 Å². The number of carbonyl (C=O) groups is 2. The van der Waals surface area contributed by atoms with Crippen molar-refractivity contribution in [1.29, 1.82) is 0 Å². The van der Waals surface area contributed by atoms with E-state index in [1.54, 1.807) is 6.07 Å². The number of carbonyl (C=O) groups excluding carboxylic acids is 2. The van der Waals surface area contributed by atoms with Gasteiger partial charge in [-0.15, -0.1) is 0 Å². The highest BCUT2D eigenvalue weighted by Gasteiger charge is 2.22. The van der Waals surface area contributed by atoms with Gasteiger partial charge in [-0.05, 0) is 62.1 Å². The van der Waals surface area contributed by atoms with Crippen LogP contribution in [0.3, 0.4) is 0 Å². The molecule has 1 heterocycles. The number of hydrogen-bond donors (Lipinski definition) is 2. The fraction of sp³-hybridized carbons (Fsp3) is 0.391. The van der Waals surface area contributed by atoms with Crippen LogP contribution in [-0.2, 0) is 19.6 Å². The number of likely N-dealkylation sites (N-methyl/N-ethyl adjacent to an activating group) is 1. The summed E-state index contributed by atoms with van der Waals surface area (Å²) in [6, 6.07) is 11.4. The van der Waals surface area contributed by atoms with Crippen molar-refractivity contribution in [1.82, 2.24) is 9.62 Å². The molecule has 1 aliphatic rings. The molecule has 1 saturated heterocycles. The van der Waals surface area contributed by atoms with Crippen molar-refractivity contribution in [2.45, 2.75) is 37.7 Å². The first-order valence-corrected chi connectivity index (χ1v) is 12.0. The van der Waals surface area contributed by atoms with E-state index in [9.17, 15) is 18.0 Å². The maximum atomic E-state index is 12.8. The number of ether oxygens (including phenoxy) is 1. The maximum absolute atomic E-state index is 12.8. The highest BCUT2D eigenvalue weighted by Crippen LogP contribution is 2.18. The molecule has 1 fully saturated rings. The summed E-state index contributed by atoms with van der Waals surface area (Å²) >= 11 is 0. The molecule has 0 saturated carbocycles. The molecule has 0 aliphatic carbocycles. The van der Waals surface area contributed by atoms with Crippen molar-refractivity contribution in [2.75, 3.05) is 32.1 Å². The van der Waals surface area contributed by atoms with Crippen LogP contribution in [0.5, 0.6) is 0 Å². The second kappa shape index (κ2) is 10.2. The van der Waals surface area contributed by atoms with Crippen LogP contribution in [0.2, 0.25) is 0 Å². The zero-order valence-electron chi connectivity index (χ0n) is 18.6. The Morgan fingerprint density at radius 3 is 2.62 bits per heavy atom. The van der Waals surface area contributed by atoms with Gasteiger partial charge >= 0.3 is 0 Å². The number of nitrogens with zero attached hydrogens (tertiary/aromatic N) is 1. The van der Waals surface area contributed by atoms with E-state index in [0.717, 1.165) is 24.0 Å². The first-order valence-electron chi connectivity index (χ1n) is 10.5. The van der Waals surface area contributed by atoms with Crippen molar-refractivity contribution >= 4 is 27.5 Å². The van der Waals surface area contributed by atoms with E-state index in [0.29, 0.717) is 12.3 Å². The SMILES string of the molecule is Cc1cccc(NC(=O)CN(C)C(=O)c2cccc(S(=O)(=O)NC[C@@H]3CCCO3)c2)c1C. The second-order valence-electron chi connectivity index (χ2n) is 7.97. The topological polar surface area (TPSA) is 105 Å². The summed E-state index contributed by atoms with van der Waals surface area (Å²) in [5.41, 5.74) is 2.90. The number of rotatable bonds is 8. The molecule has 0 spiro atoms. The van der Waals surface area contributed by atoms with Gasteiger partial charge in [-0.3, -0.25) is 9.59 Å². The number of benzene rings is 2. The molecular weight excluding hydrogens is 430 g/mol. The summed E-state index contributed by atoms with van der Waals surface area (Å²) in [5, 5.41) is 2.82. The third-order valence-electron chi connectivity index (χ3n) is 5.52. The molecule has 8 nitrogen and oxygen atoms in total. The summed E-state index contributed by atoms with van der Waals surface area (Å²) in [5.74, 6) is -0.783. The number of amides is 2. The molecule has 32 heavy (non-hydrogen) atoms. The Balaban J connectivity index is 1.63. The normalized spacial score (nSPS) is 16.0. The maximum Gasteiger partial charge on any atom is 0.254 e. The lowest BCUT2D eigenvalue weighted by Gasteiger charge is -2.18. The minimum absolute atomic E-state index is 0.00501. The predicted molar refractivity (Wildman–Crippen MR) is 122 cm³/mol. The molecule has 1 atom stereocenters. The predicted octanol–water partition coefficient (Wildman–Crippen LogP) is 2.47. The summed E-state index contributed by atoms with van der Waals surface area (Å²) < 4.78 is 33.2. The molecule has 3 rings (SSSR count). The van der Waals surface area contributed by atoms with Gasteiger partial charge in [0.1, 0.15) is 0 Å². The summed E-state index contributed by atoms with van der Waals surface area (Å²) in [7, 11) is -2.28. The Morgan fingerprint density at radius 1 is 1.16 bits per heavy atom. The van der Waals surface area contributed by atoms with E-state index >= 15 is 0 Å². The van der Waals surface area contributed by atoms with Gasteiger partial charge in [0.15, 0.2) is 0 Å². The van der Waals surface area contributed by atoms with Crippen LogP contribution in [-0.4, -0.2) is 58.0 Å². The number of nitrogens with one attached hydrogen (secondary N) is 2. The number of aryl methyl sites for hydroxylation is 1. The molecule has 0 radical (unpaired) electrons. The highest BCUT2D eigenvalue weighted by atomic mass is 32.2. The smallest absolute Gasteiger partial charge is 0.254 e. The molecule has 0 bridgehead atoms. The highest BCUT2D eigenvalue weighted by molar-refractivity contribution is 7.89. The van der Waals surface area contributed by atoms with Gasteiger partial charge in [0.2, 0.25) is 15.9 Å². The molecule has 172 valence electrons. The van der Waals surface area contributed by atoms with E-state index in [1.165, 1.54) is 36.2 Å². The molecule has 2 N–H and O–H groups in total. The third-order valence-corrected chi connectivity index (χ3v) is 6.94. The van der Waals surface area contributed by atoms with E-state index in [4.69, 9.17) is 4.74 Å². The molecule has 2 aromatic rings. The zero-order chi connectivity index (χ0) is 23.3. The molecular formula is C23H29N3O5S. The Bertz CT molecular complexity index is 1090. The summed E-state index contributed by atoms with van der Waals surface area (Å²) in [4.78, 5) is 26.5. The van der Waals surface area contributed by atoms with Gasteiger partial charge in [0.25, 0.3) is 5.91 Å². The van der Waals surface area contributed by atoms with Crippen LogP contribution in [0.1, 0.15) is 34.3 Å². The minimum atomic E-state index is -3.78. The third kappa shape index (κ3) is 5.93. The van der Waals surface area contributed by atoms with Gasteiger partial charge in [0.05, 0.1) is 17.5 Å². The van der Waals surface area contributed by atoms with Crippen molar-refractivity contribution < 1.29 is 22.7 Å². The van der Waals surface area contributed by atoms with Crippen LogP contribution < -0.4 is 10.0 Å². The van der Waals surface area contributed by atoms with Gasteiger partial charge < -0.3 is 15.0 Å². The van der Waals surface area contributed by atoms with E-state index < -0.39 is 15.9 Å². The lowest BCUT2D eigenvalue weighted by Crippen LogP contribution is -2.35. The van der Waals surface area contributed by atoms with Crippen LogP contribution >= 0.6 is 0 Å². The monoisotopic (exact) mass is 459 g/mol. The van der Waals surface area contributed by atoms with Crippen molar-refractivity contribution in [3.8, 4) is 0 Å². The van der Waals surface area contributed by atoms with Gasteiger partial charge in [-0.1, -0.05) is 18.2 Å². The molecule has 2 amide bonds. The number of hydrogen-bond acceptors (Lipinski definition) is 5. The number of sulfonamides is 1. The van der Waals surface area contributed by atoms with Crippen molar-refractivity contribution in [3.63, 3.8) is 0 Å². The van der Waals surface area contributed by atoms with Crippen LogP contribution in [0.25, 0.3) is 0 Å². The zero-order valence-corrected chi connectivity index (χ0v) is 19.4. The first-order chi connectivity index (χ1) is 15.2. The lowest BCUT2D eigenvalue weighted by molar-refractivity contribution is -0.116. The summed E-state index contributed by atoms with van der Waals surface area (Å²) in [6.07, 6.45) is 1.60. The molecule has 0 unspecified atom stereocenters. The van der Waals surface area contributed by atoms with Crippen LogP contribution in [0.15, 0.2) is 47.4 Å². The van der Waals surface area contributed by atoms with Gasteiger partial charge in [-0.25, -0.2) is 13.1 Å². The van der Waals surface area contributed by atoms with E-state index in [-0.39, 0.29) is 35.6 Å². The van der Waals surface area contributed by atoms with Gasteiger partial charge in [0, 0.05) is 31.5 Å². The average molecular weight is 460 g/mol. The standard InChI is InChI=1S/C23H29N3O5S/c1-16-7-4-11-21(17(16)2)25-22(27)15-26(3)23(28)18-8-5-10-20(13-18)32(29,30)24-14-19-9-6-12-31-19/h4-5,7-8,10-11,13,19,24H,6,9,12,14-15H2,1-3H3,(H,25,27)/t19-/m0/s1. The second-order valence-corrected chi connectivity index (χ2v) is 9.74. The Morgan fingerprint density at radius 2 is 1.91 bits per heavy atom. The summed E-state index contributed by atoms with van der Waals surface area (Å²) in [6.45, 7) is 4.54. The Kier molecular flexibility index (Phi) is 7.65. The largest absolute Gasteiger partial charge is 0.377 e. The molecule has 0 aromatic heterocycles. The average Bonchev–Trinajstić information content (AvgIpc) is 3.29. The van der Waals surface area contributed by atoms with Gasteiger partial charge in [-0.2, -0.15) is 0 Å². The van der Waals surface area contributed by atoms with E-state index in [1.807, 2.05) is 26.0 Å². The lowest BCUT2D eigenvalue weighted by atomic mass is 10.1. The molecule has 1 aliphatic heterocycles. The Labute approximate surface area is 189 Å². The van der Waals surface area contributed by atoms with Crippen molar-refractivity contribution in [3.05, 3.63) is 59.2 Å². The molecule has 9 heteroatoms. The van der Waals surface area contributed by atoms with Crippen LogP contribution in [0, 0.1) is 13.8 Å². The van der Waals surface area contributed by atoms with Crippen molar-refractivity contribution in [2.24, 2.45) is 0 Å². The first kappa shape index (κ1) is 23.9. The molecule has 2 aromatic carbocycles. The number of anilines is 1. The fourth-order valence-corrected chi connectivity index (χ4v) is 4.58. The Hall–Kier alpha value is -2.75. The minimum Gasteiger partial charge on any atom is -0.377 e. The fourth-order valence-electron chi connectivity index (χ4n) is 3.47.